The number of phosphoric acid groups is 1. The Hall–Kier alpha value is 0.160. The summed E-state index contributed by atoms with van der Waals surface area (Å²) in [6.07, 6.45) is 22.4. The quantitative estimate of drug-likeness (QED) is 0.143. The summed E-state index contributed by atoms with van der Waals surface area (Å²) in [5.74, 6) is 0.746. The lowest BCUT2D eigenvalue weighted by Gasteiger charge is -2.13. The highest BCUT2D eigenvalue weighted by atomic mass is 32.2. The van der Waals surface area contributed by atoms with Crippen LogP contribution in [0.3, 0.4) is 0 Å². The molecule has 5 nitrogen and oxygen atoms in total. The zero-order valence-electron chi connectivity index (χ0n) is 17.6. The zero-order chi connectivity index (χ0) is 20.5. The standard InChI is InChI=1S/C21H41O5PS/c1-2-3-4-5-6-7-8-9-10-11-12-13-14-15-16-17-21-26-20(19-28-21)18-25-27(22,23)24/h9-10,20-21H,2-8,11-19H2,1H3,(H2,22,23,24)/b10-9+. The fourth-order valence-electron chi connectivity index (χ4n) is 3.31. The van der Waals surface area contributed by atoms with Crippen LogP contribution in [0.1, 0.15) is 96.8 Å². The first kappa shape index (κ1) is 26.2. The third kappa shape index (κ3) is 16.0. The molecule has 2 atom stereocenters. The van der Waals surface area contributed by atoms with Gasteiger partial charge < -0.3 is 14.5 Å². The molecule has 0 spiro atoms. The van der Waals surface area contributed by atoms with E-state index in [-0.39, 0.29) is 18.1 Å². The maximum absolute atomic E-state index is 10.7. The van der Waals surface area contributed by atoms with Crippen LogP contribution in [0.25, 0.3) is 0 Å². The van der Waals surface area contributed by atoms with Gasteiger partial charge in [0.15, 0.2) is 0 Å². The van der Waals surface area contributed by atoms with Crippen LogP contribution in [-0.2, 0) is 13.8 Å². The van der Waals surface area contributed by atoms with Gasteiger partial charge in [0, 0.05) is 5.75 Å². The number of phosphoric ester groups is 1. The third-order valence-electron chi connectivity index (χ3n) is 4.94. The van der Waals surface area contributed by atoms with Crippen LogP contribution in [0.15, 0.2) is 12.2 Å². The maximum Gasteiger partial charge on any atom is 0.469 e. The van der Waals surface area contributed by atoms with E-state index in [4.69, 9.17) is 14.5 Å². The number of ether oxygens (including phenoxy) is 1. The molecule has 28 heavy (non-hydrogen) atoms. The molecule has 2 N–H and O–H groups in total. The Balaban J connectivity index is 1.83. The first-order chi connectivity index (χ1) is 13.5. The fraction of sp³-hybridized carbons (Fsp3) is 0.905. The van der Waals surface area contributed by atoms with Gasteiger partial charge in [-0.1, -0.05) is 70.4 Å². The maximum atomic E-state index is 10.7. The van der Waals surface area contributed by atoms with Crippen LogP contribution in [0.4, 0.5) is 0 Å². The van der Waals surface area contributed by atoms with Crippen molar-refractivity contribution in [2.75, 3.05) is 12.4 Å². The lowest BCUT2D eigenvalue weighted by Crippen LogP contribution is -2.18. The van der Waals surface area contributed by atoms with Gasteiger partial charge in [-0.15, -0.1) is 11.8 Å². The summed E-state index contributed by atoms with van der Waals surface area (Å²) >= 11 is 1.72. The number of unbranched alkanes of at least 4 members (excludes halogenated alkanes) is 11. The SMILES string of the molecule is CCCCCCCC/C=C/CCCCCCCC1OC(COP(=O)(O)O)CS1. The summed E-state index contributed by atoms with van der Waals surface area (Å²) in [6, 6.07) is 0. The molecule has 1 aliphatic heterocycles. The summed E-state index contributed by atoms with van der Waals surface area (Å²) in [4.78, 5) is 17.4. The van der Waals surface area contributed by atoms with E-state index < -0.39 is 7.82 Å². The third-order valence-corrected chi connectivity index (χ3v) is 6.71. The topological polar surface area (TPSA) is 76.0 Å². The second kappa shape index (κ2) is 16.9. The molecule has 0 aromatic heterocycles. The molecule has 0 radical (unpaired) electrons. The molecule has 0 aromatic carbocycles. The van der Waals surface area contributed by atoms with Crippen molar-refractivity contribution >= 4 is 19.6 Å². The van der Waals surface area contributed by atoms with E-state index in [0.717, 1.165) is 18.6 Å². The van der Waals surface area contributed by atoms with Crippen molar-refractivity contribution < 1.29 is 23.6 Å². The predicted octanol–water partition coefficient (Wildman–Crippen LogP) is 6.59. The molecule has 7 heteroatoms. The van der Waals surface area contributed by atoms with Gasteiger partial charge in [0.25, 0.3) is 0 Å². The molecule has 0 saturated carbocycles. The molecule has 0 aromatic rings. The summed E-state index contributed by atoms with van der Waals surface area (Å²) in [5, 5.41) is 0. The zero-order valence-corrected chi connectivity index (χ0v) is 19.3. The minimum Gasteiger partial charge on any atom is -0.361 e. The second-order valence-corrected chi connectivity index (χ2v) is 10.1. The molecule has 1 fully saturated rings. The monoisotopic (exact) mass is 436 g/mol. The number of hydrogen-bond acceptors (Lipinski definition) is 4. The highest BCUT2D eigenvalue weighted by molar-refractivity contribution is 8.00. The summed E-state index contributed by atoms with van der Waals surface area (Å²) in [6.45, 7) is 2.23. The van der Waals surface area contributed by atoms with E-state index >= 15 is 0 Å². The largest absolute Gasteiger partial charge is 0.469 e. The summed E-state index contributed by atoms with van der Waals surface area (Å²) in [7, 11) is -4.39. The van der Waals surface area contributed by atoms with Gasteiger partial charge in [-0.05, 0) is 38.5 Å². The van der Waals surface area contributed by atoms with Crippen molar-refractivity contribution in [1.29, 1.82) is 0 Å². The Morgan fingerprint density at radius 2 is 1.54 bits per heavy atom. The van der Waals surface area contributed by atoms with Crippen molar-refractivity contribution in [2.24, 2.45) is 0 Å². The lowest BCUT2D eigenvalue weighted by atomic mass is 10.1. The highest BCUT2D eigenvalue weighted by Gasteiger charge is 2.28. The van der Waals surface area contributed by atoms with Gasteiger partial charge in [0.05, 0.1) is 12.7 Å². The van der Waals surface area contributed by atoms with E-state index in [2.05, 4.69) is 23.6 Å². The van der Waals surface area contributed by atoms with E-state index in [1.54, 1.807) is 11.8 Å². The highest BCUT2D eigenvalue weighted by Crippen LogP contribution is 2.38. The van der Waals surface area contributed by atoms with E-state index in [1.807, 2.05) is 0 Å². The van der Waals surface area contributed by atoms with Crippen molar-refractivity contribution in [3.05, 3.63) is 12.2 Å². The molecular weight excluding hydrogens is 395 g/mol. The normalized spacial score (nSPS) is 20.4. The summed E-state index contributed by atoms with van der Waals surface area (Å²) < 4.78 is 21.0. The van der Waals surface area contributed by atoms with Gasteiger partial charge >= 0.3 is 7.82 Å². The van der Waals surface area contributed by atoms with Crippen LogP contribution >= 0.6 is 19.6 Å². The number of allylic oxidation sites excluding steroid dienone is 2. The van der Waals surface area contributed by atoms with Gasteiger partial charge in [-0.25, -0.2) is 4.57 Å². The van der Waals surface area contributed by atoms with Crippen LogP contribution in [-0.4, -0.2) is 33.7 Å². The van der Waals surface area contributed by atoms with Gasteiger partial charge in [-0.3, -0.25) is 4.52 Å². The van der Waals surface area contributed by atoms with Crippen molar-refractivity contribution in [2.45, 2.75) is 108 Å². The van der Waals surface area contributed by atoms with Crippen molar-refractivity contribution in [3.63, 3.8) is 0 Å². The molecular formula is C21H41O5PS. The molecule has 0 bridgehead atoms. The van der Waals surface area contributed by atoms with Crippen LogP contribution in [0.2, 0.25) is 0 Å². The average Bonchev–Trinajstić information content (AvgIpc) is 3.10. The first-order valence-electron chi connectivity index (χ1n) is 11.1. The number of hydrogen-bond donors (Lipinski definition) is 2. The molecule has 1 rings (SSSR count). The predicted molar refractivity (Wildman–Crippen MR) is 119 cm³/mol. The lowest BCUT2D eigenvalue weighted by molar-refractivity contribution is 0.0220. The molecule has 1 heterocycles. The van der Waals surface area contributed by atoms with E-state index in [0.29, 0.717) is 0 Å². The van der Waals surface area contributed by atoms with Gasteiger partial charge in [-0.2, -0.15) is 0 Å². The molecule has 1 aliphatic rings. The Labute approximate surface area is 176 Å². The second-order valence-electron chi connectivity index (χ2n) is 7.68. The van der Waals surface area contributed by atoms with E-state index in [1.165, 1.54) is 77.0 Å². The van der Waals surface area contributed by atoms with Crippen LogP contribution < -0.4 is 0 Å². The minimum atomic E-state index is -4.39. The Morgan fingerprint density at radius 3 is 2.14 bits per heavy atom. The van der Waals surface area contributed by atoms with Crippen LogP contribution in [0, 0.1) is 0 Å². The minimum absolute atomic E-state index is 0.0276. The number of rotatable bonds is 18. The Kier molecular flexibility index (Phi) is 15.8. The Bertz CT molecular complexity index is 441. The fourth-order valence-corrected chi connectivity index (χ4v) is 4.84. The molecule has 166 valence electrons. The van der Waals surface area contributed by atoms with Crippen molar-refractivity contribution in [3.8, 4) is 0 Å². The molecule has 1 saturated heterocycles. The average molecular weight is 437 g/mol. The van der Waals surface area contributed by atoms with Gasteiger partial charge in [0.1, 0.15) is 5.44 Å². The molecule has 2 unspecified atom stereocenters. The molecule has 0 aliphatic carbocycles. The smallest absolute Gasteiger partial charge is 0.361 e. The Morgan fingerprint density at radius 1 is 0.964 bits per heavy atom. The summed E-state index contributed by atoms with van der Waals surface area (Å²) in [5.41, 5.74) is 0.148. The molecule has 0 amide bonds. The van der Waals surface area contributed by atoms with E-state index in [9.17, 15) is 4.57 Å². The van der Waals surface area contributed by atoms with Crippen molar-refractivity contribution in [1.82, 2.24) is 0 Å². The number of thioether (sulfide) groups is 1. The van der Waals surface area contributed by atoms with Gasteiger partial charge in [0.2, 0.25) is 0 Å². The first-order valence-corrected chi connectivity index (χ1v) is 13.7. The van der Waals surface area contributed by atoms with Crippen LogP contribution in [0.5, 0.6) is 0 Å².